The topological polar surface area (TPSA) is 45.0 Å². The second-order valence-electron chi connectivity index (χ2n) is 4.10. The Morgan fingerprint density at radius 2 is 2.31 bits per heavy atom. The number of methoxy groups -OCH3 is 1. The molecule has 0 radical (unpaired) electrons. The molecule has 0 spiro atoms. The van der Waals surface area contributed by atoms with Crippen LogP contribution in [0.25, 0.3) is 0 Å². The van der Waals surface area contributed by atoms with E-state index in [0.717, 1.165) is 0 Å². The van der Waals surface area contributed by atoms with Crippen molar-refractivity contribution in [2.45, 2.75) is 24.5 Å². The normalized spacial score (nSPS) is 27.9. The zero-order valence-corrected chi connectivity index (χ0v) is 9.03. The molecule has 0 aromatic heterocycles. The van der Waals surface area contributed by atoms with Crippen LogP contribution in [0.4, 0.5) is 10.1 Å². The van der Waals surface area contributed by atoms with Crippen molar-refractivity contribution in [3.8, 4) is 6.07 Å². The summed E-state index contributed by atoms with van der Waals surface area (Å²) in [5.74, 6) is -0.305. The molecule has 1 fully saturated rings. The van der Waals surface area contributed by atoms with Crippen molar-refractivity contribution >= 4 is 5.69 Å². The SMILES string of the molecule is COC1CC(C#N)(Nc2cccc(F)c2)C1. The highest BCUT2D eigenvalue weighted by Gasteiger charge is 2.45. The number of hydrogen-bond acceptors (Lipinski definition) is 3. The van der Waals surface area contributed by atoms with E-state index in [1.807, 2.05) is 0 Å². The van der Waals surface area contributed by atoms with Gasteiger partial charge in [0.05, 0.1) is 12.2 Å². The second kappa shape index (κ2) is 4.11. The van der Waals surface area contributed by atoms with E-state index < -0.39 is 5.54 Å². The first kappa shape index (κ1) is 10.9. The molecule has 0 aliphatic heterocycles. The van der Waals surface area contributed by atoms with Crippen LogP contribution in [0.5, 0.6) is 0 Å². The van der Waals surface area contributed by atoms with Crippen LogP contribution in [0.2, 0.25) is 0 Å². The van der Waals surface area contributed by atoms with E-state index in [4.69, 9.17) is 10.00 Å². The minimum Gasteiger partial charge on any atom is -0.381 e. The highest BCUT2D eigenvalue weighted by Crippen LogP contribution is 2.36. The molecule has 3 nitrogen and oxygen atoms in total. The van der Waals surface area contributed by atoms with Crippen molar-refractivity contribution < 1.29 is 9.13 Å². The van der Waals surface area contributed by atoms with Gasteiger partial charge in [0.2, 0.25) is 0 Å². The average Bonchev–Trinajstić information content (AvgIpc) is 2.23. The average molecular weight is 220 g/mol. The van der Waals surface area contributed by atoms with E-state index in [0.29, 0.717) is 18.5 Å². The summed E-state index contributed by atoms with van der Waals surface area (Å²) in [7, 11) is 1.63. The van der Waals surface area contributed by atoms with E-state index >= 15 is 0 Å². The van der Waals surface area contributed by atoms with Crippen LogP contribution < -0.4 is 5.32 Å². The number of halogens is 1. The van der Waals surface area contributed by atoms with Crippen LogP contribution in [-0.4, -0.2) is 18.8 Å². The Morgan fingerprint density at radius 1 is 1.56 bits per heavy atom. The molecule has 4 heteroatoms. The smallest absolute Gasteiger partial charge is 0.130 e. The van der Waals surface area contributed by atoms with Gasteiger partial charge in [-0.1, -0.05) is 6.07 Å². The summed E-state index contributed by atoms with van der Waals surface area (Å²) in [6, 6.07) is 8.37. The summed E-state index contributed by atoms with van der Waals surface area (Å²) in [6.45, 7) is 0. The monoisotopic (exact) mass is 220 g/mol. The van der Waals surface area contributed by atoms with Crippen LogP contribution in [0, 0.1) is 17.1 Å². The van der Waals surface area contributed by atoms with Gasteiger partial charge in [-0.2, -0.15) is 5.26 Å². The van der Waals surface area contributed by atoms with Gasteiger partial charge >= 0.3 is 0 Å². The number of ether oxygens (including phenoxy) is 1. The molecule has 1 aliphatic carbocycles. The fraction of sp³-hybridized carbons (Fsp3) is 0.417. The third kappa shape index (κ3) is 2.00. The predicted molar refractivity (Wildman–Crippen MR) is 58.4 cm³/mol. The second-order valence-corrected chi connectivity index (χ2v) is 4.10. The standard InChI is InChI=1S/C12H13FN2O/c1-16-11-6-12(7-11,8-14)15-10-4-2-3-9(13)5-10/h2-5,11,15H,6-7H2,1H3. The van der Waals surface area contributed by atoms with Crippen molar-refractivity contribution in [2.24, 2.45) is 0 Å². The van der Waals surface area contributed by atoms with Crippen molar-refractivity contribution in [1.29, 1.82) is 5.26 Å². The lowest BCUT2D eigenvalue weighted by atomic mass is 9.75. The lowest BCUT2D eigenvalue weighted by Crippen LogP contribution is -2.52. The van der Waals surface area contributed by atoms with Crippen LogP contribution in [-0.2, 0) is 4.74 Å². The quantitative estimate of drug-likeness (QED) is 0.850. The Morgan fingerprint density at radius 3 is 2.88 bits per heavy atom. The molecule has 0 unspecified atom stereocenters. The molecule has 0 atom stereocenters. The van der Waals surface area contributed by atoms with Gasteiger partial charge < -0.3 is 10.1 Å². The van der Waals surface area contributed by atoms with Gasteiger partial charge in [-0.05, 0) is 18.2 Å². The lowest BCUT2D eigenvalue weighted by Gasteiger charge is -2.42. The first-order valence-electron chi connectivity index (χ1n) is 5.15. The molecule has 0 heterocycles. The molecule has 16 heavy (non-hydrogen) atoms. The molecule has 84 valence electrons. The molecular formula is C12H13FN2O. The molecule has 1 aliphatic rings. The van der Waals surface area contributed by atoms with Gasteiger partial charge in [0.25, 0.3) is 0 Å². The first-order chi connectivity index (χ1) is 7.67. The Bertz CT molecular complexity index is 421. The number of nitrogens with zero attached hydrogens (tertiary/aromatic N) is 1. The van der Waals surface area contributed by atoms with Gasteiger partial charge in [0, 0.05) is 25.6 Å². The minimum absolute atomic E-state index is 0.126. The number of nitrogens with one attached hydrogen (secondary N) is 1. The van der Waals surface area contributed by atoms with Crippen molar-refractivity contribution in [1.82, 2.24) is 0 Å². The number of anilines is 1. The van der Waals surface area contributed by atoms with Gasteiger partial charge in [0.15, 0.2) is 0 Å². The first-order valence-corrected chi connectivity index (χ1v) is 5.15. The summed E-state index contributed by atoms with van der Waals surface area (Å²) in [5, 5.41) is 12.2. The molecule has 0 amide bonds. The highest BCUT2D eigenvalue weighted by molar-refractivity contribution is 5.49. The van der Waals surface area contributed by atoms with Crippen LogP contribution in [0.1, 0.15) is 12.8 Å². The minimum atomic E-state index is -0.603. The zero-order chi connectivity index (χ0) is 11.6. The summed E-state index contributed by atoms with van der Waals surface area (Å²) >= 11 is 0. The predicted octanol–water partition coefficient (Wildman–Crippen LogP) is 2.31. The van der Waals surface area contributed by atoms with Gasteiger partial charge in [-0.15, -0.1) is 0 Å². The molecule has 0 saturated heterocycles. The van der Waals surface area contributed by atoms with Gasteiger partial charge in [-0.25, -0.2) is 4.39 Å². The third-order valence-corrected chi connectivity index (χ3v) is 2.91. The zero-order valence-electron chi connectivity index (χ0n) is 9.03. The molecule has 1 N–H and O–H groups in total. The number of nitriles is 1. The molecule has 0 bridgehead atoms. The van der Waals surface area contributed by atoms with E-state index in [1.54, 1.807) is 19.2 Å². The van der Waals surface area contributed by atoms with Crippen LogP contribution in [0.15, 0.2) is 24.3 Å². The maximum Gasteiger partial charge on any atom is 0.130 e. The third-order valence-electron chi connectivity index (χ3n) is 2.91. The van der Waals surface area contributed by atoms with Crippen LogP contribution in [0.3, 0.4) is 0 Å². The maximum atomic E-state index is 13.0. The fourth-order valence-corrected chi connectivity index (χ4v) is 1.95. The van der Waals surface area contributed by atoms with E-state index in [1.165, 1.54) is 12.1 Å². The molecule has 1 aromatic carbocycles. The summed E-state index contributed by atoms with van der Waals surface area (Å²) < 4.78 is 18.1. The lowest BCUT2D eigenvalue weighted by molar-refractivity contribution is 0.0129. The maximum absolute atomic E-state index is 13.0. The highest BCUT2D eigenvalue weighted by atomic mass is 19.1. The fourth-order valence-electron chi connectivity index (χ4n) is 1.95. The summed E-state index contributed by atoms with van der Waals surface area (Å²) in [4.78, 5) is 0. The Labute approximate surface area is 93.8 Å². The summed E-state index contributed by atoms with van der Waals surface area (Å²) in [6.07, 6.45) is 1.40. The number of rotatable bonds is 3. The largest absolute Gasteiger partial charge is 0.381 e. The number of benzene rings is 1. The molecular weight excluding hydrogens is 207 g/mol. The van der Waals surface area contributed by atoms with Crippen molar-refractivity contribution in [3.63, 3.8) is 0 Å². The number of hydrogen-bond donors (Lipinski definition) is 1. The Balaban J connectivity index is 2.07. The Kier molecular flexibility index (Phi) is 2.80. The molecule has 1 saturated carbocycles. The Hall–Kier alpha value is -1.60. The molecule has 1 aromatic rings. The van der Waals surface area contributed by atoms with Crippen molar-refractivity contribution in [2.75, 3.05) is 12.4 Å². The van der Waals surface area contributed by atoms with E-state index in [2.05, 4.69) is 11.4 Å². The van der Waals surface area contributed by atoms with Gasteiger partial charge in [-0.3, -0.25) is 0 Å². The van der Waals surface area contributed by atoms with Crippen molar-refractivity contribution in [3.05, 3.63) is 30.1 Å². The van der Waals surface area contributed by atoms with Gasteiger partial charge in [0.1, 0.15) is 11.4 Å². The summed E-state index contributed by atoms with van der Waals surface area (Å²) in [5.41, 5.74) is 0.0326. The molecule has 2 rings (SSSR count). The van der Waals surface area contributed by atoms with Crippen LogP contribution >= 0.6 is 0 Å². The van der Waals surface area contributed by atoms with E-state index in [9.17, 15) is 4.39 Å². The van der Waals surface area contributed by atoms with E-state index in [-0.39, 0.29) is 11.9 Å².